The minimum absolute atomic E-state index is 0.207. The Morgan fingerprint density at radius 2 is 1.71 bits per heavy atom. The standard InChI is InChI=1S/C25H23ClN2O6/c1-3-33-25(31)34-20-10-7-17(8-11-20)23(29)27-15-16-5-4-6-19(13-16)28-24(30)21-14-18(26)9-12-22(21)32-2/h4-14H,3,15H2,1-2H3,(H,27,29)(H,28,30). The van der Waals surface area contributed by atoms with Gasteiger partial charge < -0.3 is 24.8 Å². The van der Waals surface area contributed by atoms with E-state index >= 15 is 0 Å². The summed E-state index contributed by atoms with van der Waals surface area (Å²) >= 11 is 6.01. The van der Waals surface area contributed by atoms with Crippen LogP contribution in [0.4, 0.5) is 10.5 Å². The third-order valence-electron chi connectivity index (χ3n) is 4.62. The van der Waals surface area contributed by atoms with Gasteiger partial charge in [0.05, 0.1) is 19.3 Å². The van der Waals surface area contributed by atoms with Crippen molar-refractivity contribution < 1.29 is 28.6 Å². The molecule has 0 heterocycles. The topological polar surface area (TPSA) is 103 Å². The first kappa shape index (κ1) is 24.6. The van der Waals surface area contributed by atoms with Crippen LogP contribution in [-0.2, 0) is 11.3 Å². The van der Waals surface area contributed by atoms with Crippen molar-refractivity contribution in [1.82, 2.24) is 5.32 Å². The van der Waals surface area contributed by atoms with E-state index in [2.05, 4.69) is 10.6 Å². The number of anilines is 1. The Balaban J connectivity index is 1.59. The Morgan fingerprint density at radius 1 is 0.941 bits per heavy atom. The second-order valence-corrected chi connectivity index (χ2v) is 7.43. The summed E-state index contributed by atoms with van der Waals surface area (Å²) in [4.78, 5) is 36.5. The van der Waals surface area contributed by atoms with Crippen molar-refractivity contribution >= 4 is 35.3 Å². The van der Waals surface area contributed by atoms with E-state index in [9.17, 15) is 14.4 Å². The van der Waals surface area contributed by atoms with Crippen LogP contribution in [0.2, 0.25) is 5.02 Å². The molecule has 34 heavy (non-hydrogen) atoms. The van der Waals surface area contributed by atoms with Crippen molar-refractivity contribution in [1.29, 1.82) is 0 Å². The Morgan fingerprint density at radius 3 is 2.41 bits per heavy atom. The van der Waals surface area contributed by atoms with Crippen molar-refractivity contribution in [2.45, 2.75) is 13.5 Å². The number of benzene rings is 3. The molecule has 0 bridgehead atoms. The summed E-state index contributed by atoms with van der Waals surface area (Å²) in [6.45, 7) is 2.12. The van der Waals surface area contributed by atoms with Gasteiger partial charge in [-0.25, -0.2) is 4.79 Å². The molecule has 2 amide bonds. The maximum atomic E-state index is 12.7. The van der Waals surface area contributed by atoms with Crippen molar-refractivity contribution in [3.63, 3.8) is 0 Å². The van der Waals surface area contributed by atoms with Crippen LogP contribution < -0.4 is 20.1 Å². The number of halogens is 1. The summed E-state index contributed by atoms with van der Waals surface area (Å²) in [6, 6.07) is 18.0. The summed E-state index contributed by atoms with van der Waals surface area (Å²) in [6.07, 6.45) is -0.805. The maximum absolute atomic E-state index is 12.7. The van der Waals surface area contributed by atoms with Crippen LogP contribution in [-0.4, -0.2) is 31.7 Å². The predicted octanol–water partition coefficient (Wildman–Crippen LogP) is 5.07. The summed E-state index contributed by atoms with van der Waals surface area (Å²) in [5.74, 6) is 0.00483. The van der Waals surface area contributed by atoms with Gasteiger partial charge in [0.1, 0.15) is 11.5 Å². The van der Waals surface area contributed by atoms with Gasteiger partial charge in [0.2, 0.25) is 0 Å². The Labute approximate surface area is 201 Å². The third kappa shape index (κ3) is 6.73. The van der Waals surface area contributed by atoms with E-state index in [1.54, 1.807) is 49.4 Å². The fourth-order valence-corrected chi connectivity index (χ4v) is 3.19. The highest BCUT2D eigenvalue weighted by Gasteiger charge is 2.14. The summed E-state index contributed by atoms with van der Waals surface area (Å²) < 4.78 is 14.9. The third-order valence-corrected chi connectivity index (χ3v) is 4.86. The molecular weight excluding hydrogens is 460 g/mol. The molecule has 0 spiro atoms. The quantitative estimate of drug-likeness (QED) is 0.343. The second-order valence-electron chi connectivity index (χ2n) is 6.99. The zero-order chi connectivity index (χ0) is 24.5. The molecule has 0 unspecified atom stereocenters. The van der Waals surface area contributed by atoms with Gasteiger partial charge >= 0.3 is 6.16 Å². The van der Waals surface area contributed by atoms with E-state index in [0.717, 1.165) is 5.56 Å². The first-order chi connectivity index (χ1) is 16.4. The van der Waals surface area contributed by atoms with Gasteiger partial charge in [-0.2, -0.15) is 0 Å². The molecule has 0 aliphatic heterocycles. The molecule has 2 N–H and O–H groups in total. The van der Waals surface area contributed by atoms with E-state index in [1.165, 1.54) is 25.3 Å². The number of nitrogens with one attached hydrogen (secondary N) is 2. The summed E-state index contributed by atoms with van der Waals surface area (Å²) in [7, 11) is 1.48. The Bertz CT molecular complexity index is 1180. The van der Waals surface area contributed by atoms with Crippen LogP contribution in [0.15, 0.2) is 66.7 Å². The average Bonchev–Trinajstić information content (AvgIpc) is 2.83. The zero-order valence-corrected chi connectivity index (χ0v) is 19.3. The fraction of sp³-hybridized carbons (Fsp3) is 0.160. The molecular formula is C25H23ClN2O6. The number of amides is 2. The minimum atomic E-state index is -0.805. The highest BCUT2D eigenvalue weighted by atomic mass is 35.5. The predicted molar refractivity (Wildman–Crippen MR) is 128 cm³/mol. The normalized spacial score (nSPS) is 10.2. The van der Waals surface area contributed by atoms with E-state index in [-0.39, 0.29) is 30.7 Å². The van der Waals surface area contributed by atoms with Gasteiger partial charge in [-0.15, -0.1) is 0 Å². The highest BCUT2D eigenvalue weighted by Crippen LogP contribution is 2.24. The van der Waals surface area contributed by atoms with Crippen molar-refractivity contribution in [3.05, 3.63) is 88.4 Å². The number of carbonyl (C=O) groups is 3. The lowest BCUT2D eigenvalue weighted by Crippen LogP contribution is -2.23. The van der Waals surface area contributed by atoms with E-state index in [4.69, 9.17) is 25.8 Å². The molecule has 0 radical (unpaired) electrons. The van der Waals surface area contributed by atoms with Crippen LogP contribution in [0.25, 0.3) is 0 Å². The van der Waals surface area contributed by atoms with Gasteiger partial charge in [0.15, 0.2) is 0 Å². The lowest BCUT2D eigenvalue weighted by atomic mass is 10.1. The Kier molecular flexibility index (Phi) is 8.48. The second kappa shape index (κ2) is 11.7. The number of methoxy groups -OCH3 is 1. The van der Waals surface area contributed by atoms with E-state index < -0.39 is 6.16 Å². The highest BCUT2D eigenvalue weighted by molar-refractivity contribution is 6.31. The maximum Gasteiger partial charge on any atom is 0.513 e. The number of ether oxygens (including phenoxy) is 3. The molecule has 9 heteroatoms. The number of rotatable bonds is 8. The van der Waals surface area contributed by atoms with Crippen LogP contribution in [0.3, 0.4) is 0 Å². The Hall–Kier alpha value is -4.04. The zero-order valence-electron chi connectivity index (χ0n) is 18.6. The van der Waals surface area contributed by atoms with E-state index in [0.29, 0.717) is 27.6 Å². The number of carbonyl (C=O) groups excluding carboxylic acids is 3. The smallest absolute Gasteiger partial charge is 0.496 e. The van der Waals surface area contributed by atoms with Gasteiger partial charge in [-0.05, 0) is 67.1 Å². The van der Waals surface area contributed by atoms with Gasteiger partial charge in [-0.3, -0.25) is 9.59 Å². The minimum Gasteiger partial charge on any atom is -0.496 e. The van der Waals surface area contributed by atoms with Crippen molar-refractivity contribution in [2.24, 2.45) is 0 Å². The molecule has 0 aliphatic rings. The number of hydrogen-bond acceptors (Lipinski definition) is 6. The SMILES string of the molecule is CCOC(=O)Oc1ccc(C(=O)NCc2cccc(NC(=O)c3cc(Cl)ccc3OC)c2)cc1. The fourth-order valence-electron chi connectivity index (χ4n) is 3.02. The number of hydrogen-bond donors (Lipinski definition) is 2. The average molecular weight is 483 g/mol. The molecule has 0 aromatic heterocycles. The summed E-state index contributed by atoms with van der Waals surface area (Å²) in [5.41, 5.74) is 2.04. The molecule has 0 saturated carbocycles. The molecule has 8 nitrogen and oxygen atoms in total. The lowest BCUT2D eigenvalue weighted by Gasteiger charge is -2.11. The van der Waals surface area contributed by atoms with Crippen LogP contribution >= 0.6 is 11.6 Å². The van der Waals surface area contributed by atoms with Crippen molar-refractivity contribution in [3.8, 4) is 11.5 Å². The molecule has 176 valence electrons. The summed E-state index contributed by atoms with van der Waals surface area (Å²) in [5, 5.41) is 6.04. The molecule has 0 aliphatic carbocycles. The molecule has 3 aromatic rings. The lowest BCUT2D eigenvalue weighted by molar-refractivity contribution is 0.0949. The van der Waals surface area contributed by atoms with Crippen molar-refractivity contribution in [2.75, 3.05) is 19.0 Å². The van der Waals surface area contributed by atoms with Crippen LogP contribution in [0.5, 0.6) is 11.5 Å². The van der Waals surface area contributed by atoms with E-state index in [1.807, 2.05) is 6.07 Å². The molecule has 0 fully saturated rings. The molecule has 0 atom stereocenters. The molecule has 0 saturated heterocycles. The van der Waals surface area contributed by atoms with Crippen LogP contribution in [0, 0.1) is 0 Å². The van der Waals surface area contributed by atoms with Gasteiger partial charge in [0, 0.05) is 22.8 Å². The molecule has 3 aromatic carbocycles. The first-order valence-corrected chi connectivity index (χ1v) is 10.7. The monoisotopic (exact) mass is 482 g/mol. The largest absolute Gasteiger partial charge is 0.513 e. The van der Waals surface area contributed by atoms with Crippen LogP contribution in [0.1, 0.15) is 33.2 Å². The van der Waals surface area contributed by atoms with Gasteiger partial charge in [0.25, 0.3) is 11.8 Å². The van der Waals surface area contributed by atoms with Gasteiger partial charge in [-0.1, -0.05) is 23.7 Å². The first-order valence-electron chi connectivity index (χ1n) is 10.4. The molecule has 3 rings (SSSR count).